The Labute approximate surface area is 170 Å². The molecule has 140 valence electrons. The van der Waals surface area contributed by atoms with Gasteiger partial charge in [0.15, 0.2) is 9.84 Å². The van der Waals surface area contributed by atoms with E-state index in [-0.39, 0.29) is 15.5 Å². The number of nitrogens with one attached hydrogen (secondary N) is 1. The molecule has 6 nitrogen and oxygen atoms in total. The molecule has 3 rings (SSSR count). The molecular formula is C18H15BrClN3O3S. The molecule has 0 aliphatic rings. The topological polar surface area (TPSA) is 81.1 Å². The average molecular weight is 469 g/mol. The monoisotopic (exact) mass is 467 g/mol. The van der Waals surface area contributed by atoms with Crippen LogP contribution in [0.5, 0.6) is 0 Å². The van der Waals surface area contributed by atoms with E-state index in [9.17, 15) is 13.2 Å². The number of carbonyl (C=O) groups excluding carboxylic acids is 1. The van der Waals surface area contributed by atoms with Gasteiger partial charge in [0.25, 0.3) is 5.91 Å². The van der Waals surface area contributed by atoms with E-state index in [0.717, 1.165) is 16.3 Å². The quantitative estimate of drug-likeness (QED) is 0.613. The number of anilines is 1. The lowest BCUT2D eigenvalue weighted by Crippen LogP contribution is -2.17. The zero-order valence-corrected chi connectivity index (χ0v) is 17.3. The van der Waals surface area contributed by atoms with E-state index >= 15 is 0 Å². The molecule has 1 amide bonds. The fourth-order valence-electron chi connectivity index (χ4n) is 2.47. The van der Waals surface area contributed by atoms with Gasteiger partial charge in [0.05, 0.1) is 28.2 Å². The number of benzene rings is 2. The van der Waals surface area contributed by atoms with E-state index < -0.39 is 15.7 Å². The van der Waals surface area contributed by atoms with Crippen LogP contribution in [0.3, 0.4) is 0 Å². The van der Waals surface area contributed by atoms with Gasteiger partial charge in [-0.25, -0.2) is 13.1 Å². The summed E-state index contributed by atoms with van der Waals surface area (Å²) < 4.78 is 26.0. The van der Waals surface area contributed by atoms with Gasteiger partial charge in [0, 0.05) is 16.8 Å². The van der Waals surface area contributed by atoms with Gasteiger partial charge in [-0.1, -0.05) is 39.7 Å². The number of hydrogen-bond acceptors (Lipinski definition) is 4. The van der Waals surface area contributed by atoms with Crippen molar-refractivity contribution < 1.29 is 13.2 Å². The molecule has 0 aliphatic heterocycles. The molecule has 0 saturated carbocycles. The standard InChI is InChI=1S/C18H15BrClN3O3S/c1-27(25,26)14-5-6-16(20)15(10-14)18(24)22-17-7-8-21-23(17)11-12-3-2-4-13(19)9-12/h2-10H,11H2,1H3,(H,22,24). The van der Waals surface area contributed by atoms with E-state index in [1.165, 1.54) is 18.2 Å². The van der Waals surface area contributed by atoms with Gasteiger partial charge in [0.2, 0.25) is 0 Å². The molecule has 0 radical (unpaired) electrons. The van der Waals surface area contributed by atoms with Crippen molar-refractivity contribution in [1.82, 2.24) is 9.78 Å². The van der Waals surface area contributed by atoms with Gasteiger partial charge < -0.3 is 5.32 Å². The van der Waals surface area contributed by atoms with Crippen LogP contribution in [-0.4, -0.2) is 30.4 Å². The Kier molecular flexibility index (Phi) is 5.69. The second-order valence-electron chi connectivity index (χ2n) is 5.87. The van der Waals surface area contributed by atoms with Crippen LogP contribution in [-0.2, 0) is 16.4 Å². The molecule has 27 heavy (non-hydrogen) atoms. The molecule has 0 atom stereocenters. The van der Waals surface area contributed by atoms with E-state index in [0.29, 0.717) is 12.4 Å². The Hall–Kier alpha value is -2.16. The van der Waals surface area contributed by atoms with Gasteiger partial charge in [-0.3, -0.25) is 4.79 Å². The highest BCUT2D eigenvalue weighted by atomic mass is 79.9. The predicted octanol–water partition coefficient (Wildman–Crippen LogP) is 4.00. The second-order valence-corrected chi connectivity index (χ2v) is 9.21. The maximum absolute atomic E-state index is 12.6. The van der Waals surface area contributed by atoms with Gasteiger partial charge in [-0.2, -0.15) is 5.10 Å². The van der Waals surface area contributed by atoms with E-state index in [2.05, 4.69) is 26.3 Å². The first-order valence-electron chi connectivity index (χ1n) is 7.81. The Morgan fingerprint density at radius 2 is 2.00 bits per heavy atom. The number of halogens is 2. The van der Waals surface area contributed by atoms with E-state index in [1.807, 2.05) is 24.3 Å². The molecule has 2 aromatic carbocycles. The van der Waals surface area contributed by atoms with Crippen molar-refractivity contribution in [3.8, 4) is 0 Å². The van der Waals surface area contributed by atoms with Crippen molar-refractivity contribution >= 4 is 49.1 Å². The number of rotatable bonds is 5. The summed E-state index contributed by atoms with van der Waals surface area (Å²) in [6.45, 7) is 0.458. The first kappa shape index (κ1) is 19.6. The summed E-state index contributed by atoms with van der Waals surface area (Å²) >= 11 is 9.51. The molecule has 0 bridgehead atoms. The molecule has 9 heteroatoms. The Morgan fingerprint density at radius 1 is 1.22 bits per heavy atom. The number of nitrogens with zero attached hydrogens (tertiary/aromatic N) is 2. The lowest BCUT2D eigenvalue weighted by atomic mass is 10.2. The molecule has 0 aliphatic carbocycles. The highest BCUT2D eigenvalue weighted by molar-refractivity contribution is 9.10. The average Bonchev–Trinajstić information content (AvgIpc) is 3.01. The van der Waals surface area contributed by atoms with Crippen molar-refractivity contribution in [2.45, 2.75) is 11.4 Å². The van der Waals surface area contributed by atoms with Crippen molar-refractivity contribution in [2.75, 3.05) is 11.6 Å². The number of sulfone groups is 1. The number of carbonyl (C=O) groups is 1. The van der Waals surface area contributed by atoms with Crippen molar-refractivity contribution in [3.05, 3.63) is 75.4 Å². The van der Waals surface area contributed by atoms with Crippen LogP contribution in [0.1, 0.15) is 15.9 Å². The maximum Gasteiger partial charge on any atom is 0.258 e. The lowest BCUT2D eigenvalue weighted by molar-refractivity contribution is 0.102. The maximum atomic E-state index is 12.6. The van der Waals surface area contributed by atoms with Crippen LogP contribution in [0, 0.1) is 0 Å². The normalized spacial score (nSPS) is 11.4. The molecule has 1 aromatic heterocycles. The highest BCUT2D eigenvalue weighted by Gasteiger charge is 2.17. The molecule has 1 heterocycles. The van der Waals surface area contributed by atoms with Crippen LogP contribution >= 0.6 is 27.5 Å². The van der Waals surface area contributed by atoms with Crippen LogP contribution in [0.4, 0.5) is 5.82 Å². The summed E-state index contributed by atoms with van der Waals surface area (Å²) in [5.41, 5.74) is 1.08. The predicted molar refractivity (Wildman–Crippen MR) is 108 cm³/mol. The minimum atomic E-state index is -3.45. The van der Waals surface area contributed by atoms with E-state index in [4.69, 9.17) is 11.6 Å². The van der Waals surface area contributed by atoms with Crippen molar-refractivity contribution in [1.29, 1.82) is 0 Å². The number of hydrogen-bond donors (Lipinski definition) is 1. The van der Waals surface area contributed by atoms with Crippen LogP contribution in [0.2, 0.25) is 5.02 Å². The Morgan fingerprint density at radius 3 is 2.70 bits per heavy atom. The summed E-state index contributed by atoms with van der Waals surface area (Å²) in [5.74, 6) is -0.0395. The van der Waals surface area contributed by atoms with Gasteiger partial charge in [-0.15, -0.1) is 0 Å². The van der Waals surface area contributed by atoms with Crippen LogP contribution < -0.4 is 5.32 Å². The third-order valence-electron chi connectivity index (χ3n) is 3.79. The summed E-state index contributed by atoms with van der Waals surface area (Å²) in [6.07, 6.45) is 2.65. The van der Waals surface area contributed by atoms with Crippen molar-refractivity contribution in [3.63, 3.8) is 0 Å². The van der Waals surface area contributed by atoms with Gasteiger partial charge >= 0.3 is 0 Å². The van der Waals surface area contributed by atoms with Crippen LogP contribution in [0.25, 0.3) is 0 Å². The van der Waals surface area contributed by atoms with Crippen molar-refractivity contribution in [2.24, 2.45) is 0 Å². The molecular weight excluding hydrogens is 454 g/mol. The molecule has 3 aromatic rings. The second kappa shape index (κ2) is 7.84. The van der Waals surface area contributed by atoms with Gasteiger partial charge in [0.1, 0.15) is 5.82 Å². The third kappa shape index (κ3) is 4.77. The summed E-state index contributed by atoms with van der Waals surface area (Å²) in [6, 6.07) is 13.4. The smallest absolute Gasteiger partial charge is 0.258 e. The third-order valence-corrected chi connectivity index (χ3v) is 5.72. The molecule has 0 saturated heterocycles. The zero-order chi connectivity index (χ0) is 19.6. The minimum Gasteiger partial charge on any atom is -0.307 e. The Bertz CT molecular complexity index is 1110. The van der Waals surface area contributed by atoms with E-state index in [1.54, 1.807) is 16.9 Å². The minimum absolute atomic E-state index is 0.0275. The Balaban J connectivity index is 1.85. The lowest BCUT2D eigenvalue weighted by Gasteiger charge is -2.11. The highest BCUT2D eigenvalue weighted by Crippen LogP contribution is 2.22. The number of amides is 1. The molecule has 1 N–H and O–H groups in total. The first-order chi connectivity index (χ1) is 12.7. The SMILES string of the molecule is CS(=O)(=O)c1ccc(Cl)c(C(=O)Nc2ccnn2Cc2cccc(Br)c2)c1. The first-order valence-corrected chi connectivity index (χ1v) is 10.9. The molecule has 0 spiro atoms. The summed E-state index contributed by atoms with van der Waals surface area (Å²) in [7, 11) is -3.45. The largest absolute Gasteiger partial charge is 0.307 e. The van der Waals surface area contributed by atoms with Gasteiger partial charge in [-0.05, 0) is 35.9 Å². The summed E-state index contributed by atoms with van der Waals surface area (Å²) in [5, 5.41) is 7.12. The number of aromatic nitrogens is 2. The molecule has 0 fully saturated rings. The summed E-state index contributed by atoms with van der Waals surface area (Å²) in [4.78, 5) is 12.7. The van der Waals surface area contributed by atoms with Crippen LogP contribution in [0.15, 0.2) is 64.1 Å². The molecule has 0 unspecified atom stereocenters. The zero-order valence-electron chi connectivity index (χ0n) is 14.2. The fourth-order valence-corrected chi connectivity index (χ4v) is 3.76. The fraction of sp³-hybridized carbons (Fsp3) is 0.111.